The lowest BCUT2D eigenvalue weighted by Gasteiger charge is -2.31. The molecule has 3 heteroatoms. The molecular weight excluding hydrogens is 258 g/mol. The first kappa shape index (κ1) is 14.3. The lowest BCUT2D eigenvalue weighted by atomic mass is 9.85. The average molecular weight is 283 g/mol. The van der Waals surface area contributed by atoms with Gasteiger partial charge in [0.05, 0.1) is 5.70 Å². The Hall–Kier alpha value is -1.61. The average Bonchev–Trinajstić information content (AvgIpc) is 2.82. The Labute approximate surface area is 127 Å². The summed E-state index contributed by atoms with van der Waals surface area (Å²) in [4.78, 5) is 4.64. The van der Waals surface area contributed by atoms with Crippen molar-refractivity contribution < 1.29 is 0 Å². The zero-order valence-corrected chi connectivity index (χ0v) is 13.6. The predicted molar refractivity (Wildman–Crippen MR) is 89.0 cm³/mol. The first-order valence-electron chi connectivity index (χ1n) is 7.73. The molecule has 21 heavy (non-hydrogen) atoms. The van der Waals surface area contributed by atoms with Crippen LogP contribution in [0.2, 0.25) is 0 Å². The fourth-order valence-corrected chi connectivity index (χ4v) is 3.14. The second-order valence-electron chi connectivity index (χ2n) is 7.30. The number of nitrogens with one attached hydrogen (secondary N) is 1. The van der Waals surface area contributed by atoms with Crippen molar-refractivity contribution >= 4 is 11.9 Å². The van der Waals surface area contributed by atoms with Gasteiger partial charge in [-0.3, -0.25) is 10.0 Å². The Morgan fingerprint density at radius 3 is 2.67 bits per heavy atom. The molecule has 0 saturated carbocycles. The Bertz CT molecular complexity index is 607. The molecule has 0 amide bonds. The maximum atomic E-state index is 4.64. The summed E-state index contributed by atoms with van der Waals surface area (Å²) in [5, 5.41) is 2.26. The number of rotatable bonds is 1. The van der Waals surface area contributed by atoms with Gasteiger partial charge in [-0.05, 0) is 30.9 Å². The minimum absolute atomic E-state index is 0.218. The molecule has 0 spiro atoms. The lowest BCUT2D eigenvalue weighted by Crippen LogP contribution is -2.43. The number of hydrazine groups is 1. The fourth-order valence-electron chi connectivity index (χ4n) is 3.14. The van der Waals surface area contributed by atoms with Gasteiger partial charge in [0, 0.05) is 24.2 Å². The Morgan fingerprint density at radius 1 is 1.24 bits per heavy atom. The van der Waals surface area contributed by atoms with Crippen LogP contribution in [0, 0.1) is 19.3 Å². The van der Waals surface area contributed by atoms with Crippen LogP contribution >= 0.6 is 0 Å². The molecule has 0 radical (unpaired) electrons. The van der Waals surface area contributed by atoms with Crippen LogP contribution in [0.3, 0.4) is 0 Å². The molecule has 1 aromatic rings. The molecule has 112 valence electrons. The van der Waals surface area contributed by atoms with E-state index >= 15 is 0 Å². The molecule has 3 rings (SSSR count). The van der Waals surface area contributed by atoms with Crippen molar-refractivity contribution in [2.24, 2.45) is 10.4 Å². The van der Waals surface area contributed by atoms with E-state index in [9.17, 15) is 0 Å². The van der Waals surface area contributed by atoms with Crippen molar-refractivity contribution in [1.82, 2.24) is 10.4 Å². The number of fused-ring (bicyclic) bond motifs is 1. The standard InChI is InChI=1S/C18H25N3/c1-12-6-7-14(13(2)10-12)15-8-9-19-17-11-16(18(3,4)5)20-21(15)17/h6-10,16-17,20H,11H2,1-5H3. The topological polar surface area (TPSA) is 27.6 Å². The Morgan fingerprint density at radius 2 is 2.00 bits per heavy atom. The number of nitrogens with zero attached hydrogens (tertiary/aromatic N) is 2. The fraction of sp³-hybridized carbons (Fsp3) is 0.500. The van der Waals surface area contributed by atoms with E-state index in [1.54, 1.807) is 0 Å². The molecule has 3 nitrogen and oxygen atoms in total. The molecule has 0 aliphatic carbocycles. The predicted octanol–water partition coefficient (Wildman–Crippen LogP) is 3.68. The summed E-state index contributed by atoms with van der Waals surface area (Å²) < 4.78 is 0. The van der Waals surface area contributed by atoms with Crippen molar-refractivity contribution in [3.8, 4) is 0 Å². The highest BCUT2D eigenvalue weighted by atomic mass is 15.6. The maximum Gasteiger partial charge on any atom is 0.137 e. The number of hydrogen-bond acceptors (Lipinski definition) is 3. The molecule has 2 atom stereocenters. The van der Waals surface area contributed by atoms with Crippen molar-refractivity contribution in [2.75, 3.05) is 0 Å². The van der Waals surface area contributed by atoms with E-state index in [2.05, 4.69) is 74.3 Å². The van der Waals surface area contributed by atoms with E-state index in [4.69, 9.17) is 0 Å². The SMILES string of the molecule is Cc1ccc(C2=CC=NC3CC(C(C)(C)C)NN23)c(C)c1. The van der Waals surface area contributed by atoms with Gasteiger partial charge in [0.1, 0.15) is 6.17 Å². The van der Waals surface area contributed by atoms with Crippen molar-refractivity contribution in [3.63, 3.8) is 0 Å². The maximum absolute atomic E-state index is 4.64. The monoisotopic (exact) mass is 283 g/mol. The molecule has 1 aromatic carbocycles. The minimum Gasteiger partial charge on any atom is -0.283 e. The summed E-state index contributed by atoms with van der Waals surface area (Å²) in [6, 6.07) is 7.10. The van der Waals surface area contributed by atoms with Gasteiger partial charge >= 0.3 is 0 Å². The largest absolute Gasteiger partial charge is 0.283 e. The lowest BCUT2D eigenvalue weighted by molar-refractivity contribution is 0.228. The summed E-state index contributed by atoms with van der Waals surface area (Å²) in [5.41, 5.74) is 9.06. The third kappa shape index (κ3) is 2.62. The molecule has 2 aliphatic heterocycles. The normalized spacial score (nSPS) is 25.0. The highest BCUT2D eigenvalue weighted by Crippen LogP contribution is 2.36. The summed E-state index contributed by atoms with van der Waals surface area (Å²) in [6.07, 6.45) is 5.35. The molecule has 1 N–H and O–H groups in total. The van der Waals surface area contributed by atoms with E-state index < -0.39 is 0 Å². The third-order valence-electron chi connectivity index (χ3n) is 4.49. The van der Waals surface area contributed by atoms with Crippen LogP contribution in [-0.2, 0) is 0 Å². The molecule has 1 fully saturated rings. The van der Waals surface area contributed by atoms with Gasteiger partial charge in [0.2, 0.25) is 0 Å². The number of hydrogen-bond donors (Lipinski definition) is 1. The molecule has 2 heterocycles. The molecule has 0 bridgehead atoms. The van der Waals surface area contributed by atoms with Crippen LogP contribution in [-0.4, -0.2) is 23.4 Å². The van der Waals surface area contributed by atoms with Gasteiger partial charge in [-0.2, -0.15) is 0 Å². The number of aliphatic imine (C=N–C) groups is 1. The van der Waals surface area contributed by atoms with E-state index in [-0.39, 0.29) is 11.6 Å². The first-order valence-corrected chi connectivity index (χ1v) is 7.73. The van der Waals surface area contributed by atoms with Crippen LogP contribution in [0.25, 0.3) is 5.70 Å². The van der Waals surface area contributed by atoms with E-state index in [1.807, 2.05) is 6.21 Å². The van der Waals surface area contributed by atoms with E-state index in [0.717, 1.165) is 6.42 Å². The quantitative estimate of drug-likeness (QED) is 0.851. The summed E-state index contributed by atoms with van der Waals surface area (Å²) in [6.45, 7) is 11.2. The van der Waals surface area contributed by atoms with E-state index in [1.165, 1.54) is 22.4 Å². The van der Waals surface area contributed by atoms with Crippen molar-refractivity contribution in [1.29, 1.82) is 0 Å². The number of benzene rings is 1. The second-order valence-corrected chi connectivity index (χ2v) is 7.30. The van der Waals surface area contributed by atoms with Crippen LogP contribution in [0.5, 0.6) is 0 Å². The van der Waals surface area contributed by atoms with Gasteiger partial charge < -0.3 is 0 Å². The van der Waals surface area contributed by atoms with Gasteiger partial charge in [0.15, 0.2) is 0 Å². The van der Waals surface area contributed by atoms with Gasteiger partial charge in [-0.15, -0.1) is 0 Å². The Kier molecular flexibility index (Phi) is 3.40. The van der Waals surface area contributed by atoms with Crippen molar-refractivity contribution in [2.45, 2.75) is 53.2 Å². The highest BCUT2D eigenvalue weighted by molar-refractivity contribution is 5.86. The van der Waals surface area contributed by atoms with Crippen molar-refractivity contribution in [3.05, 3.63) is 41.0 Å². The number of allylic oxidation sites excluding steroid dienone is 1. The smallest absolute Gasteiger partial charge is 0.137 e. The van der Waals surface area contributed by atoms with Gasteiger partial charge in [-0.1, -0.05) is 44.5 Å². The zero-order chi connectivity index (χ0) is 15.2. The molecular formula is C18H25N3. The van der Waals surface area contributed by atoms with Crippen LogP contribution in [0.15, 0.2) is 29.3 Å². The van der Waals surface area contributed by atoms with Gasteiger partial charge in [-0.25, -0.2) is 5.43 Å². The Balaban J connectivity index is 1.93. The number of aryl methyl sites for hydroxylation is 2. The van der Waals surface area contributed by atoms with Crippen LogP contribution in [0.4, 0.5) is 0 Å². The van der Waals surface area contributed by atoms with E-state index in [0.29, 0.717) is 6.04 Å². The highest BCUT2D eigenvalue weighted by Gasteiger charge is 2.39. The molecule has 0 aromatic heterocycles. The molecule has 2 aliphatic rings. The summed E-state index contributed by atoms with van der Waals surface area (Å²) >= 11 is 0. The summed E-state index contributed by atoms with van der Waals surface area (Å²) in [5.74, 6) is 0. The summed E-state index contributed by atoms with van der Waals surface area (Å²) in [7, 11) is 0. The second kappa shape index (κ2) is 4.99. The first-order chi connectivity index (χ1) is 9.86. The van der Waals surface area contributed by atoms with Gasteiger partial charge in [0.25, 0.3) is 0 Å². The van der Waals surface area contributed by atoms with Crippen LogP contribution in [0.1, 0.15) is 43.9 Å². The van der Waals surface area contributed by atoms with Crippen LogP contribution < -0.4 is 5.43 Å². The molecule has 2 unspecified atom stereocenters. The minimum atomic E-state index is 0.218. The molecule has 1 saturated heterocycles. The zero-order valence-electron chi connectivity index (χ0n) is 13.6. The third-order valence-corrected chi connectivity index (χ3v) is 4.49.